The molecule has 0 unspecified atom stereocenters. The summed E-state index contributed by atoms with van der Waals surface area (Å²) in [5, 5.41) is 6.00. The Morgan fingerprint density at radius 1 is 1.45 bits per heavy atom. The first kappa shape index (κ1) is 15.2. The maximum atomic E-state index is 11.6. The topological polar surface area (TPSA) is 68.0 Å². The molecule has 2 rings (SSSR count). The maximum absolute atomic E-state index is 11.6. The van der Waals surface area contributed by atoms with E-state index in [0.717, 1.165) is 17.1 Å². The summed E-state index contributed by atoms with van der Waals surface area (Å²) >= 11 is 3.38. The number of nitrogens with one attached hydrogen (secondary N) is 1. The van der Waals surface area contributed by atoms with Crippen molar-refractivity contribution in [2.45, 2.75) is 32.7 Å². The Morgan fingerprint density at radius 2 is 2.20 bits per heavy atom. The third-order valence-corrected chi connectivity index (χ3v) is 4.72. The number of nitrogens with two attached hydrogens (primary N) is 1. The van der Waals surface area contributed by atoms with Crippen LogP contribution in [0.1, 0.15) is 23.7 Å². The van der Waals surface area contributed by atoms with Gasteiger partial charge in [0.2, 0.25) is 5.91 Å². The molecular formula is C14H19N3OS2. The molecule has 0 fully saturated rings. The van der Waals surface area contributed by atoms with Gasteiger partial charge in [-0.3, -0.25) is 4.79 Å². The maximum Gasteiger partial charge on any atom is 0.239 e. The lowest BCUT2D eigenvalue weighted by molar-refractivity contribution is -0.125. The summed E-state index contributed by atoms with van der Waals surface area (Å²) in [5.41, 5.74) is 5.94. The molecule has 20 heavy (non-hydrogen) atoms. The number of hydrogen-bond donors (Lipinski definition) is 2. The Hall–Kier alpha value is -1.24. The molecule has 0 aliphatic rings. The number of nitrogens with zero attached hydrogens (tertiary/aromatic N) is 1. The van der Waals surface area contributed by atoms with E-state index in [9.17, 15) is 4.79 Å². The third-order valence-electron chi connectivity index (χ3n) is 2.78. The molecule has 0 saturated carbocycles. The fourth-order valence-electron chi connectivity index (χ4n) is 1.65. The van der Waals surface area contributed by atoms with Crippen molar-refractivity contribution in [3.63, 3.8) is 0 Å². The van der Waals surface area contributed by atoms with Gasteiger partial charge in [0, 0.05) is 16.8 Å². The molecule has 0 aliphatic carbocycles. The van der Waals surface area contributed by atoms with Crippen LogP contribution in [0.4, 0.5) is 0 Å². The minimum Gasteiger partial charge on any atom is -0.354 e. The molecule has 2 aromatic rings. The van der Waals surface area contributed by atoms with Gasteiger partial charge in [-0.15, -0.1) is 22.7 Å². The zero-order valence-corrected chi connectivity index (χ0v) is 13.5. The average molecular weight is 309 g/mol. The molecule has 1 amide bonds. The van der Waals surface area contributed by atoms with E-state index in [2.05, 4.69) is 27.8 Å². The number of carbonyl (C=O) groups excluding carboxylic acids is 1. The molecule has 0 radical (unpaired) electrons. The van der Waals surface area contributed by atoms with E-state index in [4.69, 9.17) is 5.73 Å². The molecule has 0 atom stereocenters. The minimum atomic E-state index is -0.821. The zero-order valence-electron chi connectivity index (χ0n) is 11.9. The molecule has 6 heteroatoms. The van der Waals surface area contributed by atoms with Gasteiger partial charge in [-0.2, -0.15) is 0 Å². The summed E-state index contributed by atoms with van der Waals surface area (Å²) < 4.78 is 0. The molecule has 0 aliphatic heterocycles. The van der Waals surface area contributed by atoms with Gasteiger partial charge in [0.05, 0.1) is 21.1 Å². The summed E-state index contributed by atoms with van der Waals surface area (Å²) in [6.07, 6.45) is 0.815. The van der Waals surface area contributed by atoms with Gasteiger partial charge >= 0.3 is 0 Å². The Bertz CT molecular complexity index is 596. The SMILES string of the molecule is Cc1nc(-c2ccc(CCNC(=O)C(C)(C)N)s2)cs1. The van der Waals surface area contributed by atoms with E-state index in [1.54, 1.807) is 36.5 Å². The van der Waals surface area contributed by atoms with Gasteiger partial charge in [-0.05, 0) is 39.3 Å². The van der Waals surface area contributed by atoms with Crippen LogP contribution in [-0.4, -0.2) is 23.0 Å². The van der Waals surface area contributed by atoms with Crippen LogP contribution < -0.4 is 11.1 Å². The van der Waals surface area contributed by atoms with E-state index < -0.39 is 5.54 Å². The lowest BCUT2D eigenvalue weighted by atomic mass is 10.1. The number of amides is 1. The van der Waals surface area contributed by atoms with Crippen molar-refractivity contribution in [3.8, 4) is 10.6 Å². The first-order valence-electron chi connectivity index (χ1n) is 6.44. The molecule has 2 heterocycles. The molecule has 0 saturated heterocycles. The average Bonchev–Trinajstić information content (AvgIpc) is 2.96. The van der Waals surface area contributed by atoms with E-state index in [-0.39, 0.29) is 5.91 Å². The summed E-state index contributed by atoms with van der Waals surface area (Å²) in [6, 6.07) is 4.18. The van der Waals surface area contributed by atoms with Gasteiger partial charge in [0.1, 0.15) is 0 Å². The molecular weight excluding hydrogens is 290 g/mol. The highest BCUT2D eigenvalue weighted by Crippen LogP contribution is 2.29. The van der Waals surface area contributed by atoms with Crippen molar-refractivity contribution < 1.29 is 4.79 Å². The van der Waals surface area contributed by atoms with Crippen molar-refractivity contribution in [3.05, 3.63) is 27.4 Å². The van der Waals surface area contributed by atoms with Crippen LogP contribution in [0.5, 0.6) is 0 Å². The van der Waals surface area contributed by atoms with Crippen molar-refractivity contribution in [1.82, 2.24) is 10.3 Å². The third kappa shape index (κ3) is 3.88. The molecule has 3 N–H and O–H groups in total. The Balaban J connectivity index is 1.89. The molecule has 4 nitrogen and oxygen atoms in total. The summed E-state index contributed by atoms with van der Waals surface area (Å²) in [4.78, 5) is 18.5. The van der Waals surface area contributed by atoms with Crippen LogP contribution in [0.15, 0.2) is 17.5 Å². The number of hydrogen-bond acceptors (Lipinski definition) is 5. The Labute approximate surface area is 127 Å². The van der Waals surface area contributed by atoms with E-state index in [1.807, 2.05) is 6.92 Å². The van der Waals surface area contributed by atoms with Gasteiger partial charge < -0.3 is 11.1 Å². The summed E-state index contributed by atoms with van der Waals surface area (Å²) in [6.45, 7) is 6.02. The van der Waals surface area contributed by atoms with Crippen molar-refractivity contribution in [2.24, 2.45) is 5.73 Å². The van der Waals surface area contributed by atoms with Crippen molar-refractivity contribution >= 4 is 28.6 Å². The van der Waals surface area contributed by atoms with Crippen LogP contribution in [0.25, 0.3) is 10.6 Å². The second-order valence-corrected chi connectivity index (χ2v) is 7.48. The first-order chi connectivity index (χ1) is 9.36. The highest BCUT2D eigenvalue weighted by Gasteiger charge is 2.20. The highest BCUT2D eigenvalue weighted by atomic mass is 32.1. The molecule has 0 aromatic carbocycles. The van der Waals surface area contributed by atoms with Crippen LogP contribution >= 0.6 is 22.7 Å². The van der Waals surface area contributed by atoms with E-state index in [0.29, 0.717) is 6.54 Å². The van der Waals surface area contributed by atoms with E-state index >= 15 is 0 Å². The predicted octanol–water partition coefficient (Wildman–Crippen LogP) is 2.58. The smallest absolute Gasteiger partial charge is 0.239 e. The number of aromatic nitrogens is 1. The molecule has 108 valence electrons. The molecule has 0 spiro atoms. The lowest BCUT2D eigenvalue weighted by Crippen LogP contribution is -2.49. The van der Waals surface area contributed by atoms with Gasteiger partial charge in [0.15, 0.2) is 0 Å². The second-order valence-electron chi connectivity index (χ2n) is 5.25. The standard InChI is InChI=1S/C14H19N3OS2/c1-9-17-11(8-19-9)12-5-4-10(20-12)6-7-16-13(18)14(2,3)15/h4-5,8H,6-7,15H2,1-3H3,(H,16,18). The summed E-state index contributed by atoms with van der Waals surface area (Å²) in [7, 11) is 0. The normalized spacial score (nSPS) is 11.6. The number of carbonyl (C=O) groups is 1. The number of thiazole rings is 1. The molecule has 0 bridgehead atoms. The van der Waals surface area contributed by atoms with Crippen molar-refractivity contribution in [1.29, 1.82) is 0 Å². The zero-order chi connectivity index (χ0) is 14.8. The largest absolute Gasteiger partial charge is 0.354 e. The fraction of sp³-hybridized carbons (Fsp3) is 0.429. The van der Waals surface area contributed by atoms with Gasteiger partial charge in [0.25, 0.3) is 0 Å². The van der Waals surface area contributed by atoms with E-state index in [1.165, 1.54) is 9.75 Å². The first-order valence-corrected chi connectivity index (χ1v) is 8.14. The Morgan fingerprint density at radius 3 is 2.80 bits per heavy atom. The number of thiophene rings is 1. The fourth-order valence-corrected chi connectivity index (χ4v) is 3.31. The van der Waals surface area contributed by atoms with Gasteiger partial charge in [-0.25, -0.2) is 4.98 Å². The predicted molar refractivity (Wildman–Crippen MR) is 85.1 cm³/mol. The number of aryl methyl sites for hydroxylation is 1. The van der Waals surface area contributed by atoms with Gasteiger partial charge in [-0.1, -0.05) is 0 Å². The van der Waals surface area contributed by atoms with Crippen LogP contribution in [0.2, 0.25) is 0 Å². The van der Waals surface area contributed by atoms with Crippen LogP contribution in [-0.2, 0) is 11.2 Å². The molecule has 2 aromatic heterocycles. The van der Waals surface area contributed by atoms with Crippen molar-refractivity contribution in [2.75, 3.05) is 6.54 Å². The second kappa shape index (κ2) is 6.03. The Kier molecular flexibility index (Phi) is 4.57. The monoisotopic (exact) mass is 309 g/mol. The number of rotatable bonds is 5. The lowest BCUT2D eigenvalue weighted by Gasteiger charge is -2.17. The summed E-state index contributed by atoms with van der Waals surface area (Å²) in [5.74, 6) is -0.121. The minimum absolute atomic E-state index is 0.121. The quantitative estimate of drug-likeness (QED) is 0.892. The van der Waals surface area contributed by atoms with Crippen LogP contribution in [0, 0.1) is 6.92 Å². The highest BCUT2D eigenvalue weighted by molar-refractivity contribution is 7.16. The van der Waals surface area contributed by atoms with Crippen LogP contribution in [0.3, 0.4) is 0 Å².